The normalized spacial score (nSPS) is 12.2. The highest BCUT2D eigenvalue weighted by atomic mass is 127. The molecule has 0 heterocycles. The van der Waals surface area contributed by atoms with Gasteiger partial charge in [0, 0.05) is 5.92 Å². The van der Waals surface area contributed by atoms with Crippen LogP contribution in [0.2, 0.25) is 0 Å². The van der Waals surface area contributed by atoms with Crippen LogP contribution in [0.1, 0.15) is 100 Å². The summed E-state index contributed by atoms with van der Waals surface area (Å²) in [6, 6.07) is 32.3. The zero-order valence-electron chi connectivity index (χ0n) is 21.0. The Balaban J connectivity index is 0.00000408. The largest absolute Gasteiger partial charge is 0.317 e. The highest BCUT2D eigenvalue weighted by molar-refractivity contribution is 14.0. The fourth-order valence-electron chi connectivity index (χ4n) is 5.18. The van der Waals surface area contributed by atoms with E-state index in [9.17, 15) is 0 Å². The maximum atomic E-state index is 7.44. The lowest BCUT2D eigenvalue weighted by atomic mass is 9.69. The van der Waals surface area contributed by atoms with Crippen LogP contribution in [0.25, 0.3) is 0 Å². The Kier molecular flexibility index (Phi) is 13.5. The van der Waals surface area contributed by atoms with Crippen LogP contribution < -0.4 is 5.73 Å². The fourth-order valence-corrected chi connectivity index (χ4v) is 5.18. The fraction of sp³-hybridized carbons (Fsp3) is 0.438. The number of rotatable bonds is 15. The SMILES string of the molecule is CCCCCCCCCCCCC(c1ccccc1)C(N)(c1ccccc1)c1ccccc1.I. The molecule has 0 aromatic heterocycles. The highest BCUT2D eigenvalue weighted by Gasteiger charge is 2.38. The van der Waals surface area contributed by atoms with Crippen molar-refractivity contribution in [2.24, 2.45) is 5.73 Å². The average molecular weight is 570 g/mol. The lowest BCUT2D eigenvalue weighted by Gasteiger charge is -2.39. The van der Waals surface area contributed by atoms with Gasteiger partial charge in [-0.3, -0.25) is 0 Å². The first kappa shape index (κ1) is 28.6. The van der Waals surface area contributed by atoms with E-state index in [0.717, 1.165) is 6.42 Å². The van der Waals surface area contributed by atoms with Crippen molar-refractivity contribution < 1.29 is 0 Å². The molecule has 0 saturated heterocycles. The Morgan fingerprint density at radius 2 is 0.941 bits per heavy atom. The van der Waals surface area contributed by atoms with E-state index in [-0.39, 0.29) is 29.9 Å². The minimum Gasteiger partial charge on any atom is -0.317 e. The summed E-state index contributed by atoms with van der Waals surface area (Å²) in [4.78, 5) is 0. The van der Waals surface area contributed by atoms with Crippen molar-refractivity contribution in [3.63, 3.8) is 0 Å². The molecule has 0 aliphatic heterocycles. The van der Waals surface area contributed by atoms with Crippen molar-refractivity contribution in [1.82, 2.24) is 0 Å². The monoisotopic (exact) mass is 569 g/mol. The summed E-state index contributed by atoms with van der Waals surface area (Å²) < 4.78 is 0. The molecule has 1 unspecified atom stereocenters. The number of nitrogens with two attached hydrogens (primary N) is 1. The Morgan fingerprint density at radius 1 is 0.559 bits per heavy atom. The molecular weight excluding hydrogens is 525 g/mol. The molecule has 3 aromatic rings. The molecule has 3 rings (SSSR count). The van der Waals surface area contributed by atoms with E-state index in [0.29, 0.717) is 0 Å². The van der Waals surface area contributed by atoms with Gasteiger partial charge in [0.25, 0.3) is 0 Å². The van der Waals surface area contributed by atoms with Gasteiger partial charge < -0.3 is 5.73 Å². The van der Waals surface area contributed by atoms with Gasteiger partial charge in [0.1, 0.15) is 0 Å². The topological polar surface area (TPSA) is 26.0 Å². The number of benzene rings is 3. The van der Waals surface area contributed by atoms with Crippen LogP contribution in [0.5, 0.6) is 0 Å². The molecule has 1 nitrogen and oxygen atoms in total. The second kappa shape index (κ2) is 16.1. The molecule has 34 heavy (non-hydrogen) atoms. The number of hydrogen-bond donors (Lipinski definition) is 1. The maximum absolute atomic E-state index is 7.44. The van der Waals surface area contributed by atoms with Gasteiger partial charge in [-0.2, -0.15) is 0 Å². The predicted octanol–water partition coefficient (Wildman–Crippen LogP) is 9.60. The molecule has 1 atom stereocenters. The number of halogens is 1. The summed E-state index contributed by atoms with van der Waals surface area (Å²) in [7, 11) is 0. The van der Waals surface area contributed by atoms with Crippen LogP contribution >= 0.6 is 24.0 Å². The zero-order valence-corrected chi connectivity index (χ0v) is 23.3. The average Bonchev–Trinajstić information content (AvgIpc) is 2.88. The van der Waals surface area contributed by atoms with E-state index in [4.69, 9.17) is 5.73 Å². The van der Waals surface area contributed by atoms with Gasteiger partial charge in [0.15, 0.2) is 0 Å². The summed E-state index contributed by atoms with van der Waals surface area (Å²) in [6.07, 6.45) is 14.6. The molecule has 0 radical (unpaired) electrons. The lowest BCUT2D eigenvalue weighted by molar-refractivity contribution is 0.385. The van der Waals surface area contributed by atoms with E-state index in [1.807, 2.05) is 0 Å². The van der Waals surface area contributed by atoms with Gasteiger partial charge in [-0.05, 0) is 23.1 Å². The van der Waals surface area contributed by atoms with Crippen molar-refractivity contribution in [1.29, 1.82) is 0 Å². The van der Waals surface area contributed by atoms with Crippen molar-refractivity contribution in [2.75, 3.05) is 0 Å². The van der Waals surface area contributed by atoms with Gasteiger partial charge in [-0.1, -0.05) is 162 Å². The van der Waals surface area contributed by atoms with Crippen LogP contribution in [-0.2, 0) is 5.54 Å². The number of hydrogen-bond acceptors (Lipinski definition) is 1. The summed E-state index contributed by atoms with van der Waals surface area (Å²) in [6.45, 7) is 2.29. The van der Waals surface area contributed by atoms with Crippen molar-refractivity contribution in [3.05, 3.63) is 108 Å². The van der Waals surface area contributed by atoms with Crippen molar-refractivity contribution in [2.45, 2.75) is 89.0 Å². The third kappa shape index (κ3) is 8.23. The van der Waals surface area contributed by atoms with Crippen molar-refractivity contribution in [3.8, 4) is 0 Å². The number of unbranched alkanes of at least 4 members (excludes halogenated alkanes) is 9. The van der Waals surface area contributed by atoms with E-state index in [1.54, 1.807) is 0 Å². The van der Waals surface area contributed by atoms with Crippen LogP contribution in [0, 0.1) is 0 Å². The minimum absolute atomic E-state index is 0. The quantitative estimate of drug-likeness (QED) is 0.143. The first-order valence-electron chi connectivity index (χ1n) is 13.2. The van der Waals surface area contributed by atoms with Gasteiger partial charge >= 0.3 is 0 Å². The van der Waals surface area contributed by atoms with Gasteiger partial charge in [0.2, 0.25) is 0 Å². The van der Waals surface area contributed by atoms with Crippen LogP contribution in [0.3, 0.4) is 0 Å². The zero-order chi connectivity index (χ0) is 23.2. The van der Waals surface area contributed by atoms with Crippen LogP contribution in [0.4, 0.5) is 0 Å². The van der Waals surface area contributed by atoms with E-state index < -0.39 is 5.54 Å². The summed E-state index contributed by atoms with van der Waals surface area (Å²) in [5.41, 5.74) is 10.6. The Bertz CT molecular complexity index is 839. The molecule has 3 aromatic carbocycles. The van der Waals surface area contributed by atoms with E-state index in [1.165, 1.54) is 80.9 Å². The standard InChI is InChI=1S/C32H43N.HI/c1-2-3-4-5-6-7-8-9-10-20-27-31(28-21-14-11-15-22-28)32(33,29-23-16-12-17-24-29)30-25-18-13-19-26-30;/h11-19,21-26,31H,2-10,20,27,33H2,1H3;1H. The molecule has 0 fully saturated rings. The van der Waals surface area contributed by atoms with Gasteiger partial charge in [-0.25, -0.2) is 0 Å². The third-order valence-electron chi connectivity index (χ3n) is 7.10. The molecule has 0 bridgehead atoms. The molecule has 0 aliphatic carbocycles. The molecule has 184 valence electrons. The smallest absolute Gasteiger partial charge is 0.0735 e. The first-order chi connectivity index (χ1) is 16.3. The minimum atomic E-state index is -0.552. The van der Waals surface area contributed by atoms with E-state index >= 15 is 0 Å². The summed E-state index contributed by atoms with van der Waals surface area (Å²) >= 11 is 0. The Hall–Kier alpha value is -1.65. The first-order valence-corrected chi connectivity index (χ1v) is 13.2. The molecular formula is C32H44IN. The van der Waals surface area contributed by atoms with Crippen LogP contribution in [0.15, 0.2) is 91.0 Å². The second-order valence-corrected chi connectivity index (χ2v) is 9.53. The predicted molar refractivity (Wildman–Crippen MR) is 159 cm³/mol. The second-order valence-electron chi connectivity index (χ2n) is 9.53. The molecule has 2 N–H and O–H groups in total. The van der Waals surface area contributed by atoms with Gasteiger partial charge in [-0.15, -0.1) is 24.0 Å². The highest BCUT2D eigenvalue weighted by Crippen LogP contribution is 2.43. The van der Waals surface area contributed by atoms with Crippen LogP contribution in [-0.4, -0.2) is 0 Å². The van der Waals surface area contributed by atoms with E-state index in [2.05, 4.69) is 97.9 Å². The van der Waals surface area contributed by atoms with Gasteiger partial charge in [0.05, 0.1) is 5.54 Å². The molecule has 0 aliphatic rings. The lowest BCUT2D eigenvalue weighted by Crippen LogP contribution is -2.44. The molecule has 0 spiro atoms. The summed E-state index contributed by atoms with van der Waals surface area (Å²) in [5, 5.41) is 0. The maximum Gasteiger partial charge on any atom is 0.0735 e. The Labute approximate surface area is 225 Å². The molecule has 2 heteroatoms. The molecule has 0 saturated carbocycles. The third-order valence-corrected chi connectivity index (χ3v) is 7.10. The Morgan fingerprint density at radius 3 is 1.38 bits per heavy atom. The molecule has 0 amide bonds. The van der Waals surface area contributed by atoms with Crippen molar-refractivity contribution >= 4 is 24.0 Å². The summed E-state index contributed by atoms with van der Waals surface area (Å²) in [5.74, 6) is 0.234.